The maximum Gasteiger partial charge on any atom is 0.305 e. The standard InChI is InChI=1S/C8H16O2.Mo/c1-3-5-6-7-8(9)10-4-2;/h3-7H2,1-2H3;. The first kappa shape index (κ1) is 13.7. The van der Waals surface area contributed by atoms with Crippen LogP contribution in [0.5, 0.6) is 0 Å². The van der Waals surface area contributed by atoms with Gasteiger partial charge in [-0.25, -0.2) is 0 Å². The summed E-state index contributed by atoms with van der Waals surface area (Å²) in [6.45, 7) is 4.45. The fourth-order valence-corrected chi connectivity index (χ4v) is 0.752. The Labute approximate surface area is 83.0 Å². The van der Waals surface area contributed by atoms with Gasteiger partial charge in [-0.2, -0.15) is 0 Å². The molecule has 0 amide bonds. The summed E-state index contributed by atoms with van der Waals surface area (Å²) < 4.78 is 4.75. The van der Waals surface area contributed by atoms with Crippen molar-refractivity contribution in [2.24, 2.45) is 0 Å². The second kappa shape index (κ2) is 10.2. The van der Waals surface area contributed by atoms with Crippen molar-refractivity contribution in [3.8, 4) is 0 Å². The third-order valence-corrected chi connectivity index (χ3v) is 1.29. The van der Waals surface area contributed by atoms with E-state index in [1.807, 2.05) is 6.92 Å². The largest absolute Gasteiger partial charge is 0.466 e. The van der Waals surface area contributed by atoms with E-state index in [1.54, 1.807) is 0 Å². The molecule has 0 N–H and O–H groups in total. The minimum Gasteiger partial charge on any atom is -0.466 e. The van der Waals surface area contributed by atoms with Crippen LogP contribution in [0.25, 0.3) is 0 Å². The van der Waals surface area contributed by atoms with Crippen LogP contribution in [0.3, 0.4) is 0 Å². The Bertz CT molecular complexity index is 94.1. The molecule has 0 fully saturated rings. The summed E-state index contributed by atoms with van der Waals surface area (Å²) in [7, 11) is 0. The number of rotatable bonds is 5. The van der Waals surface area contributed by atoms with Gasteiger partial charge >= 0.3 is 5.97 Å². The molecule has 0 spiro atoms. The van der Waals surface area contributed by atoms with Crippen molar-refractivity contribution < 1.29 is 30.6 Å². The maximum absolute atomic E-state index is 10.7. The second-order valence-corrected chi connectivity index (χ2v) is 2.26. The Balaban J connectivity index is 0. The van der Waals surface area contributed by atoms with Gasteiger partial charge in [-0.1, -0.05) is 19.8 Å². The van der Waals surface area contributed by atoms with Gasteiger partial charge in [0.15, 0.2) is 0 Å². The molecule has 0 aromatic rings. The number of carbonyl (C=O) groups excluding carboxylic acids is 1. The molecule has 11 heavy (non-hydrogen) atoms. The summed E-state index contributed by atoms with van der Waals surface area (Å²) in [4.78, 5) is 10.7. The van der Waals surface area contributed by atoms with E-state index in [0.29, 0.717) is 13.0 Å². The van der Waals surface area contributed by atoms with E-state index < -0.39 is 0 Å². The summed E-state index contributed by atoms with van der Waals surface area (Å²) in [5.74, 6) is -0.0593. The first-order valence-corrected chi connectivity index (χ1v) is 3.96. The minimum absolute atomic E-state index is 0. The zero-order valence-electron chi connectivity index (χ0n) is 7.26. The van der Waals surface area contributed by atoms with Crippen LogP contribution < -0.4 is 0 Å². The summed E-state index contributed by atoms with van der Waals surface area (Å²) in [5, 5.41) is 0. The van der Waals surface area contributed by atoms with Crippen LogP contribution >= 0.6 is 0 Å². The quantitative estimate of drug-likeness (QED) is 0.418. The van der Waals surface area contributed by atoms with Crippen LogP contribution in [0, 0.1) is 0 Å². The molecule has 0 aliphatic rings. The second-order valence-electron chi connectivity index (χ2n) is 2.26. The molecule has 2 nitrogen and oxygen atoms in total. The molecule has 0 saturated carbocycles. The molecule has 0 atom stereocenters. The molecule has 0 saturated heterocycles. The zero-order chi connectivity index (χ0) is 7.82. The molecule has 66 valence electrons. The number of ether oxygens (including phenoxy) is 1. The summed E-state index contributed by atoms with van der Waals surface area (Å²) >= 11 is 0. The van der Waals surface area contributed by atoms with Crippen LogP contribution in [0.1, 0.15) is 39.5 Å². The molecular formula is C8H16MoO2. The molecule has 3 heteroatoms. The Morgan fingerprint density at radius 1 is 1.27 bits per heavy atom. The molecule has 0 aliphatic carbocycles. The first-order valence-electron chi connectivity index (χ1n) is 3.96. The third kappa shape index (κ3) is 10.2. The van der Waals surface area contributed by atoms with Crippen LogP contribution in [0.15, 0.2) is 0 Å². The van der Waals surface area contributed by atoms with E-state index in [0.717, 1.165) is 19.3 Å². The topological polar surface area (TPSA) is 26.3 Å². The van der Waals surface area contributed by atoms with Crippen molar-refractivity contribution in [2.45, 2.75) is 39.5 Å². The molecule has 0 radical (unpaired) electrons. The molecule has 0 aromatic carbocycles. The van der Waals surface area contributed by atoms with Crippen LogP contribution in [0.4, 0.5) is 0 Å². The molecule has 0 bridgehead atoms. The van der Waals surface area contributed by atoms with Crippen molar-refractivity contribution in [3.05, 3.63) is 0 Å². The predicted octanol–water partition coefficient (Wildman–Crippen LogP) is 2.13. The average Bonchev–Trinajstić information content (AvgIpc) is 1.89. The zero-order valence-corrected chi connectivity index (χ0v) is 9.27. The summed E-state index contributed by atoms with van der Waals surface area (Å²) in [6.07, 6.45) is 3.83. The average molecular weight is 240 g/mol. The van der Waals surface area contributed by atoms with Crippen LogP contribution in [0.2, 0.25) is 0 Å². The van der Waals surface area contributed by atoms with Gasteiger partial charge in [-0.15, -0.1) is 0 Å². The van der Waals surface area contributed by atoms with Gasteiger partial charge < -0.3 is 4.74 Å². The molecule has 0 aliphatic heterocycles. The molecule has 0 heterocycles. The number of hydrogen-bond donors (Lipinski definition) is 0. The maximum atomic E-state index is 10.7. The van der Waals surface area contributed by atoms with E-state index in [1.165, 1.54) is 0 Å². The van der Waals surface area contributed by atoms with E-state index in [9.17, 15) is 4.79 Å². The fourth-order valence-electron chi connectivity index (χ4n) is 0.752. The predicted molar refractivity (Wildman–Crippen MR) is 40.8 cm³/mol. The molecule has 0 aromatic heterocycles. The van der Waals surface area contributed by atoms with E-state index in [4.69, 9.17) is 4.74 Å². The van der Waals surface area contributed by atoms with Gasteiger partial charge in [0.25, 0.3) is 0 Å². The Morgan fingerprint density at radius 3 is 2.36 bits per heavy atom. The molecule has 0 unspecified atom stereocenters. The van der Waals surface area contributed by atoms with E-state index in [-0.39, 0.29) is 27.0 Å². The molecule has 0 rings (SSSR count). The van der Waals surface area contributed by atoms with Gasteiger partial charge in [0.05, 0.1) is 6.61 Å². The SMILES string of the molecule is CCCCCC(=O)OCC.[Mo]. The van der Waals surface area contributed by atoms with E-state index in [2.05, 4.69) is 6.92 Å². The van der Waals surface area contributed by atoms with Crippen molar-refractivity contribution in [1.29, 1.82) is 0 Å². The van der Waals surface area contributed by atoms with Gasteiger partial charge in [0.2, 0.25) is 0 Å². The number of esters is 1. The minimum atomic E-state index is -0.0593. The monoisotopic (exact) mass is 242 g/mol. The third-order valence-electron chi connectivity index (χ3n) is 1.29. The van der Waals surface area contributed by atoms with Crippen molar-refractivity contribution in [3.63, 3.8) is 0 Å². The number of unbranched alkanes of at least 4 members (excludes halogenated alkanes) is 2. The molecular weight excluding hydrogens is 224 g/mol. The summed E-state index contributed by atoms with van der Waals surface area (Å²) in [5.41, 5.74) is 0. The number of hydrogen-bond acceptors (Lipinski definition) is 2. The van der Waals surface area contributed by atoms with Crippen molar-refractivity contribution in [1.82, 2.24) is 0 Å². The van der Waals surface area contributed by atoms with Gasteiger partial charge in [0, 0.05) is 27.5 Å². The van der Waals surface area contributed by atoms with Crippen molar-refractivity contribution in [2.75, 3.05) is 6.61 Å². The smallest absolute Gasteiger partial charge is 0.305 e. The van der Waals surface area contributed by atoms with Crippen LogP contribution in [-0.4, -0.2) is 12.6 Å². The normalized spacial score (nSPS) is 8.55. The Kier molecular flexibility index (Phi) is 12.7. The van der Waals surface area contributed by atoms with Gasteiger partial charge in [-0.3, -0.25) is 4.79 Å². The van der Waals surface area contributed by atoms with Crippen LogP contribution in [-0.2, 0) is 30.6 Å². The van der Waals surface area contributed by atoms with Crippen molar-refractivity contribution >= 4 is 5.97 Å². The fraction of sp³-hybridized carbons (Fsp3) is 0.875. The Morgan fingerprint density at radius 2 is 1.91 bits per heavy atom. The van der Waals surface area contributed by atoms with E-state index >= 15 is 0 Å². The first-order chi connectivity index (χ1) is 4.81. The Hall–Kier alpha value is 0.158. The number of carbonyl (C=O) groups is 1. The van der Waals surface area contributed by atoms with Gasteiger partial charge in [-0.05, 0) is 13.3 Å². The van der Waals surface area contributed by atoms with Gasteiger partial charge in [0.1, 0.15) is 0 Å². The summed E-state index contributed by atoms with van der Waals surface area (Å²) in [6, 6.07) is 0.